The summed E-state index contributed by atoms with van der Waals surface area (Å²) in [5, 5.41) is 0. The van der Waals surface area contributed by atoms with E-state index in [1.54, 1.807) is 31.4 Å². The third-order valence-electron chi connectivity index (χ3n) is 4.98. The van der Waals surface area contributed by atoms with Gasteiger partial charge in [-0.15, -0.1) is 0 Å². The van der Waals surface area contributed by atoms with Gasteiger partial charge in [-0.1, -0.05) is 12.1 Å². The molecule has 0 saturated carbocycles. The summed E-state index contributed by atoms with van der Waals surface area (Å²) in [6.45, 7) is 2.06. The number of benzene rings is 2. The van der Waals surface area contributed by atoms with Gasteiger partial charge in [-0.3, -0.25) is 0 Å². The number of anilines is 1. The van der Waals surface area contributed by atoms with Crippen LogP contribution in [0.1, 0.15) is 0 Å². The van der Waals surface area contributed by atoms with Crippen molar-refractivity contribution in [3.8, 4) is 5.75 Å². The molecule has 27 heavy (non-hydrogen) atoms. The normalized spacial score (nSPS) is 16.0. The molecule has 7 nitrogen and oxygen atoms in total. The Labute approximate surface area is 158 Å². The van der Waals surface area contributed by atoms with Crippen LogP contribution < -0.4 is 9.64 Å². The topological polar surface area (TPSA) is 67.7 Å². The van der Waals surface area contributed by atoms with Crippen LogP contribution in [0.25, 0.3) is 11.0 Å². The van der Waals surface area contributed by atoms with Crippen molar-refractivity contribution in [2.24, 2.45) is 7.05 Å². The zero-order valence-electron chi connectivity index (χ0n) is 15.4. The molecule has 0 spiro atoms. The first-order chi connectivity index (χ1) is 13.0. The van der Waals surface area contributed by atoms with Crippen molar-refractivity contribution in [2.45, 2.75) is 4.90 Å². The number of sulfonamides is 1. The van der Waals surface area contributed by atoms with E-state index < -0.39 is 10.0 Å². The smallest absolute Gasteiger partial charge is 0.243 e. The molecule has 0 N–H and O–H groups in total. The molecular weight excluding hydrogens is 364 g/mol. The van der Waals surface area contributed by atoms with Crippen LogP contribution in [0, 0.1) is 0 Å². The minimum Gasteiger partial charge on any atom is -0.497 e. The molecule has 0 radical (unpaired) electrons. The number of ether oxygens (including phenoxy) is 1. The molecule has 1 saturated heterocycles. The molecule has 8 heteroatoms. The van der Waals surface area contributed by atoms with E-state index in [4.69, 9.17) is 9.72 Å². The summed E-state index contributed by atoms with van der Waals surface area (Å²) in [6.07, 6.45) is 0. The lowest BCUT2D eigenvalue weighted by Gasteiger charge is -2.34. The molecule has 1 aliphatic heterocycles. The van der Waals surface area contributed by atoms with E-state index in [0.29, 0.717) is 36.8 Å². The number of para-hydroxylation sites is 2. The predicted octanol–water partition coefficient (Wildman–Crippen LogP) is 2.09. The number of aryl methyl sites for hydroxylation is 1. The van der Waals surface area contributed by atoms with Crippen LogP contribution in [0.15, 0.2) is 53.4 Å². The Morgan fingerprint density at radius 1 is 0.963 bits per heavy atom. The number of piperazine rings is 1. The third kappa shape index (κ3) is 3.15. The van der Waals surface area contributed by atoms with Gasteiger partial charge < -0.3 is 14.2 Å². The molecule has 4 rings (SSSR count). The fourth-order valence-electron chi connectivity index (χ4n) is 3.44. The minimum absolute atomic E-state index is 0.291. The maximum atomic E-state index is 12.9. The summed E-state index contributed by atoms with van der Waals surface area (Å²) in [5.74, 6) is 1.51. The van der Waals surface area contributed by atoms with Crippen LogP contribution in [-0.4, -0.2) is 55.6 Å². The number of nitrogens with zero attached hydrogens (tertiary/aromatic N) is 4. The van der Waals surface area contributed by atoms with Crippen molar-refractivity contribution in [2.75, 3.05) is 38.2 Å². The zero-order chi connectivity index (χ0) is 19.0. The SMILES string of the molecule is COc1ccc(S(=O)(=O)N2CCN(c3nc4ccccc4n3C)CC2)cc1. The molecule has 2 aromatic carbocycles. The number of imidazole rings is 1. The van der Waals surface area contributed by atoms with Crippen LogP contribution in [0.3, 0.4) is 0 Å². The van der Waals surface area contributed by atoms with Crippen molar-refractivity contribution in [1.29, 1.82) is 0 Å². The second kappa shape index (κ2) is 6.86. The molecule has 142 valence electrons. The second-order valence-electron chi connectivity index (χ2n) is 6.53. The number of aromatic nitrogens is 2. The Morgan fingerprint density at radius 3 is 2.26 bits per heavy atom. The average molecular weight is 386 g/mol. The van der Waals surface area contributed by atoms with Gasteiger partial charge in [0.15, 0.2) is 0 Å². The Morgan fingerprint density at radius 2 is 1.63 bits per heavy atom. The lowest BCUT2D eigenvalue weighted by molar-refractivity contribution is 0.381. The van der Waals surface area contributed by atoms with Gasteiger partial charge >= 0.3 is 0 Å². The van der Waals surface area contributed by atoms with E-state index in [9.17, 15) is 8.42 Å². The van der Waals surface area contributed by atoms with Gasteiger partial charge in [-0.05, 0) is 36.4 Å². The van der Waals surface area contributed by atoms with Gasteiger partial charge in [0, 0.05) is 33.2 Å². The molecule has 0 atom stereocenters. The molecule has 3 aromatic rings. The molecule has 0 unspecified atom stereocenters. The average Bonchev–Trinajstić information content (AvgIpc) is 3.05. The van der Waals surface area contributed by atoms with Crippen LogP contribution in [-0.2, 0) is 17.1 Å². The highest BCUT2D eigenvalue weighted by atomic mass is 32.2. The van der Waals surface area contributed by atoms with Crippen molar-refractivity contribution in [1.82, 2.24) is 13.9 Å². The molecule has 0 bridgehead atoms. The van der Waals surface area contributed by atoms with Gasteiger partial charge in [-0.25, -0.2) is 13.4 Å². The Kier molecular flexibility index (Phi) is 4.53. The minimum atomic E-state index is -3.50. The predicted molar refractivity (Wildman–Crippen MR) is 105 cm³/mol. The van der Waals surface area contributed by atoms with E-state index in [2.05, 4.69) is 9.47 Å². The Balaban J connectivity index is 1.51. The van der Waals surface area contributed by atoms with Gasteiger partial charge in [-0.2, -0.15) is 4.31 Å². The number of hydrogen-bond acceptors (Lipinski definition) is 5. The van der Waals surface area contributed by atoms with Gasteiger partial charge in [0.1, 0.15) is 5.75 Å². The van der Waals surface area contributed by atoms with Crippen molar-refractivity contribution < 1.29 is 13.2 Å². The van der Waals surface area contributed by atoms with E-state index in [1.165, 1.54) is 4.31 Å². The van der Waals surface area contributed by atoms with Crippen LogP contribution >= 0.6 is 0 Å². The van der Waals surface area contributed by atoms with E-state index in [0.717, 1.165) is 17.0 Å². The molecule has 1 aliphatic rings. The summed E-state index contributed by atoms with van der Waals surface area (Å²) in [4.78, 5) is 7.14. The molecule has 0 amide bonds. The maximum Gasteiger partial charge on any atom is 0.243 e. The highest BCUT2D eigenvalue weighted by Crippen LogP contribution is 2.24. The van der Waals surface area contributed by atoms with E-state index in [-0.39, 0.29) is 0 Å². The van der Waals surface area contributed by atoms with Crippen molar-refractivity contribution in [3.05, 3.63) is 48.5 Å². The number of rotatable bonds is 4. The lowest BCUT2D eigenvalue weighted by atomic mass is 10.3. The third-order valence-corrected chi connectivity index (χ3v) is 6.90. The fraction of sp³-hybridized carbons (Fsp3) is 0.316. The van der Waals surface area contributed by atoms with Crippen LogP contribution in [0.2, 0.25) is 0 Å². The van der Waals surface area contributed by atoms with Gasteiger partial charge in [0.25, 0.3) is 0 Å². The van der Waals surface area contributed by atoms with E-state index >= 15 is 0 Å². The summed E-state index contributed by atoms with van der Waals surface area (Å²) >= 11 is 0. The summed E-state index contributed by atoms with van der Waals surface area (Å²) in [5.41, 5.74) is 2.02. The second-order valence-corrected chi connectivity index (χ2v) is 8.46. The molecule has 0 aliphatic carbocycles. The Hall–Kier alpha value is -2.58. The lowest BCUT2D eigenvalue weighted by Crippen LogP contribution is -2.49. The van der Waals surface area contributed by atoms with Gasteiger partial charge in [0.05, 0.1) is 23.0 Å². The monoisotopic (exact) mass is 386 g/mol. The maximum absolute atomic E-state index is 12.9. The highest BCUT2D eigenvalue weighted by Gasteiger charge is 2.30. The molecule has 1 fully saturated rings. The highest BCUT2D eigenvalue weighted by molar-refractivity contribution is 7.89. The van der Waals surface area contributed by atoms with Crippen molar-refractivity contribution >= 4 is 27.0 Å². The number of methoxy groups -OCH3 is 1. The number of hydrogen-bond donors (Lipinski definition) is 0. The van der Waals surface area contributed by atoms with Gasteiger partial charge in [0.2, 0.25) is 16.0 Å². The van der Waals surface area contributed by atoms with E-state index in [1.807, 2.05) is 31.3 Å². The molecule has 2 heterocycles. The molecule has 1 aromatic heterocycles. The summed E-state index contributed by atoms with van der Waals surface area (Å²) in [7, 11) is 0.0470. The summed E-state index contributed by atoms with van der Waals surface area (Å²) < 4.78 is 34.5. The number of fused-ring (bicyclic) bond motifs is 1. The summed E-state index contributed by atoms with van der Waals surface area (Å²) in [6, 6.07) is 14.5. The first-order valence-corrected chi connectivity index (χ1v) is 10.3. The first kappa shape index (κ1) is 17.8. The first-order valence-electron chi connectivity index (χ1n) is 8.81. The van der Waals surface area contributed by atoms with Crippen molar-refractivity contribution in [3.63, 3.8) is 0 Å². The Bertz CT molecular complexity index is 1050. The zero-order valence-corrected chi connectivity index (χ0v) is 16.2. The van der Waals surface area contributed by atoms with Crippen LogP contribution in [0.4, 0.5) is 5.95 Å². The molecular formula is C19H22N4O3S. The largest absolute Gasteiger partial charge is 0.497 e. The van der Waals surface area contributed by atoms with Crippen LogP contribution in [0.5, 0.6) is 5.75 Å². The fourth-order valence-corrected chi connectivity index (χ4v) is 4.86. The quantitative estimate of drug-likeness (QED) is 0.687. The standard InChI is InChI=1S/C19H22N4O3S/c1-21-18-6-4-3-5-17(18)20-19(21)22-11-13-23(14-12-22)27(24,25)16-9-7-15(26-2)8-10-16/h3-10H,11-14H2,1-2H3.